The predicted octanol–water partition coefficient (Wildman–Crippen LogP) is 4.39. The summed E-state index contributed by atoms with van der Waals surface area (Å²) in [4.78, 5) is 17.6. The highest BCUT2D eigenvalue weighted by atomic mass is 32.1. The third-order valence-corrected chi connectivity index (χ3v) is 5.25. The first kappa shape index (κ1) is 15.7. The normalized spacial score (nSPS) is 12.1. The molecule has 0 saturated heterocycles. The molecular weight excluding hydrogens is 304 g/mol. The van der Waals surface area contributed by atoms with Gasteiger partial charge in [-0.2, -0.15) is 4.99 Å². The summed E-state index contributed by atoms with van der Waals surface area (Å²) >= 11 is 1.59. The van der Waals surface area contributed by atoms with E-state index < -0.39 is 0 Å². The van der Waals surface area contributed by atoms with Crippen LogP contribution in [-0.4, -0.2) is 10.5 Å². The van der Waals surface area contributed by atoms with Crippen molar-refractivity contribution in [1.82, 2.24) is 4.57 Å². The number of thiazole rings is 1. The maximum atomic E-state index is 12.5. The van der Waals surface area contributed by atoms with Crippen LogP contribution in [0.5, 0.6) is 0 Å². The van der Waals surface area contributed by atoms with Crippen LogP contribution in [-0.2, 0) is 6.54 Å². The molecule has 0 aliphatic carbocycles. The fourth-order valence-corrected chi connectivity index (χ4v) is 3.94. The van der Waals surface area contributed by atoms with Gasteiger partial charge in [0.1, 0.15) is 0 Å². The number of carbonyl (C=O) groups excluding carboxylic acids is 1. The topological polar surface area (TPSA) is 34.4 Å². The first-order valence-electron chi connectivity index (χ1n) is 7.76. The molecule has 0 spiro atoms. The van der Waals surface area contributed by atoms with Gasteiger partial charge in [-0.25, -0.2) is 0 Å². The Morgan fingerprint density at radius 1 is 1.04 bits per heavy atom. The van der Waals surface area contributed by atoms with E-state index in [-0.39, 0.29) is 5.91 Å². The Kier molecular flexibility index (Phi) is 4.18. The molecule has 3 rings (SSSR count). The van der Waals surface area contributed by atoms with Crippen LogP contribution < -0.4 is 4.80 Å². The van der Waals surface area contributed by atoms with E-state index in [0.717, 1.165) is 16.9 Å². The monoisotopic (exact) mass is 324 g/mol. The second kappa shape index (κ2) is 6.13. The first-order chi connectivity index (χ1) is 11.0. The van der Waals surface area contributed by atoms with Crippen molar-refractivity contribution in [2.24, 2.45) is 4.99 Å². The summed E-state index contributed by atoms with van der Waals surface area (Å²) < 4.78 is 3.34. The minimum absolute atomic E-state index is 0.186. The van der Waals surface area contributed by atoms with E-state index in [1.807, 2.05) is 31.2 Å². The number of carbonyl (C=O) groups is 1. The second-order valence-corrected chi connectivity index (χ2v) is 6.77. The number of amides is 1. The Bertz CT molecular complexity index is 946. The van der Waals surface area contributed by atoms with Crippen LogP contribution in [0, 0.1) is 20.8 Å². The number of hydrogen-bond acceptors (Lipinski definition) is 2. The summed E-state index contributed by atoms with van der Waals surface area (Å²) in [7, 11) is 0. The van der Waals surface area contributed by atoms with E-state index in [9.17, 15) is 4.79 Å². The van der Waals surface area contributed by atoms with Gasteiger partial charge in [0.25, 0.3) is 5.91 Å². The molecule has 0 unspecified atom stereocenters. The van der Waals surface area contributed by atoms with Gasteiger partial charge < -0.3 is 4.57 Å². The number of hydrogen-bond donors (Lipinski definition) is 0. The zero-order valence-electron chi connectivity index (χ0n) is 13.9. The summed E-state index contributed by atoms with van der Waals surface area (Å²) in [6.45, 7) is 9.09. The van der Waals surface area contributed by atoms with Crippen LogP contribution in [0.1, 0.15) is 34.0 Å². The zero-order chi connectivity index (χ0) is 16.6. The van der Waals surface area contributed by atoms with E-state index in [0.29, 0.717) is 5.56 Å². The van der Waals surface area contributed by atoms with Crippen LogP contribution in [0.25, 0.3) is 10.2 Å². The van der Waals surface area contributed by atoms with Gasteiger partial charge >= 0.3 is 0 Å². The summed E-state index contributed by atoms with van der Waals surface area (Å²) in [6.07, 6.45) is 0. The molecule has 0 fully saturated rings. The molecule has 1 heterocycles. The average Bonchev–Trinajstić information content (AvgIpc) is 2.91. The molecule has 0 aliphatic heterocycles. The lowest BCUT2D eigenvalue weighted by Gasteiger charge is -2.04. The van der Waals surface area contributed by atoms with E-state index in [1.54, 1.807) is 11.3 Å². The number of nitrogens with zero attached hydrogens (tertiary/aromatic N) is 2. The van der Waals surface area contributed by atoms with Crippen LogP contribution in [0.3, 0.4) is 0 Å². The molecular formula is C19H20N2OS. The van der Waals surface area contributed by atoms with Crippen molar-refractivity contribution in [1.29, 1.82) is 0 Å². The minimum Gasteiger partial charge on any atom is -0.316 e. The highest BCUT2D eigenvalue weighted by Crippen LogP contribution is 2.24. The number of rotatable bonds is 2. The molecule has 4 heteroatoms. The van der Waals surface area contributed by atoms with Crippen LogP contribution in [0.15, 0.2) is 41.4 Å². The lowest BCUT2D eigenvalue weighted by atomic mass is 10.1. The Hall–Kier alpha value is -2.20. The molecule has 118 valence electrons. The maximum absolute atomic E-state index is 12.5. The van der Waals surface area contributed by atoms with Crippen LogP contribution in [0.4, 0.5) is 0 Å². The first-order valence-corrected chi connectivity index (χ1v) is 8.58. The molecule has 1 aromatic heterocycles. The van der Waals surface area contributed by atoms with Crippen molar-refractivity contribution in [3.05, 3.63) is 63.5 Å². The minimum atomic E-state index is -0.186. The summed E-state index contributed by atoms with van der Waals surface area (Å²) in [5.41, 5.74) is 5.39. The SMILES string of the molecule is CCn1c(=NC(=O)c2ccc(C)cc2)sc2c(C)ccc(C)c21. The number of benzene rings is 2. The van der Waals surface area contributed by atoms with Gasteiger partial charge in [-0.05, 0) is 51.0 Å². The second-order valence-electron chi connectivity index (χ2n) is 5.79. The largest absolute Gasteiger partial charge is 0.316 e. The predicted molar refractivity (Wildman–Crippen MR) is 96.0 cm³/mol. The van der Waals surface area contributed by atoms with Gasteiger partial charge in [-0.15, -0.1) is 0 Å². The maximum Gasteiger partial charge on any atom is 0.279 e. The smallest absolute Gasteiger partial charge is 0.279 e. The van der Waals surface area contributed by atoms with E-state index >= 15 is 0 Å². The molecule has 0 radical (unpaired) electrons. The zero-order valence-corrected chi connectivity index (χ0v) is 14.7. The van der Waals surface area contributed by atoms with Gasteiger partial charge in [-0.1, -0.05) is 41.2 Å². The fraction of sp³-hybridized carbons (Fsp3) is 0.263. The van der Waals surface area contributed by atoms with Crippen molar-refractivity contribution in [2.45, 2.75) is 34.2 Å². The molecule has 0 bridgehead atoms. The van der Waals surface area contributed by atoms with E-state index in [1.165, 1.54) is 21.3 Å². The van der Waals surface area contributed by atoms with Gasteiger partial charge in [0.15, 0.2) is 4.80 Å². The van der Waals surface area contributed by atoms with Crippen molar-refractivity contribution < 1.29 is 4.79 Å². The Morgan fingerprint density at radius 2 is 1.70 bits per heavy atom. The van der Waals surface area contributed by atoms with E-state index in [4.69, 9.17) is 0 Å². The third-order valence-electron chi connectivity index (χ3n) is 4.04. The Balaban J connectivity index is 2.19. The molecule has 0 saturated carbocycles. The van der Waals surface area contributed by atoms with Gasteiger partial charge in [0.2, 0.25) is 0 Å². The van der Waals surface area contributed by atoms with Crippen LogP contribution in [0.2, 0.25) is 0 Å². The lowest BCUT2D eigenvalue weighted by Crippen LogP contribution is -2.16. The molecule has 0 aliphatic rings. The number of aryl methyl sites for hydroxylation is 4. The summed E-state index contributed by atoms with van der Waals surface area (Å²) in [5.74, 6) is -0.186. The van der Waals surface area contributed by atoms with Gasteiger partial charge in [0.05, 0.1) is 10.2 Å². The Labute approximate surface area is 139 Å². The summed E-state index contributed by atoms with van der Waals surface area (Å²) in [6, 6.07) is 11.8. The fourth-order valence-electron chi connectivity index (χ4n) is 2.70. The summed E-state index contributed by atoms with van der Waals surface area (Å²) in [5, 5.41) is 0. The third kappa shape index (κ3) is 2.86. The van der Waals surface area contributed by atoms with Gasteiger partial charge in [0, 0.05) is 12.1 Å². The van der Waals surface area contributed by atoms with Crippen molar-refractivity contribution in [3.63, 3.8) is 0 Å². The quantitative estimate of drug-likeness (QED) is 0.688. The van der Waals surface area contributed by atoms with Crippen LogP contribution >= 0.6 is 11.3 Å². The molecule has 0 atom stereocenters. The average molecular weight is 324 g/mol. The molecule has 3 nitrogen and oxygen atoms in total. The number of fused-ring (bicyclic) bond motifs is 1. The van der Waals surface area contributed by atoms with E-state index in [2.05, 4.69) is 42.5 Å². The Morgan fingerprint density at radius 3 is 2.35 bits per heavy atom. The molecule has 2 aromatic carbocycles. The standard InChI is InChI=1S/C19H20N2OS/c1-5-21-16-13(3)8-9-14(4)17(16)23-19(21)20-18(22)15-10-6-12(2)7-11-15/h6-11H,5H2,1-4H3. The molecule has 3 aromatic rings. The number of aromatic nitrogens is 1. The molecule has 23 heavy (non-hydrogen) atoms. The lowest BCUT2D eigenvalue weighted by molar-refractivity contribution is 0.0998. The van der Waals surface area contributed by atoms with Crippen molar-refractivity contribution in [2.75, 3.05) is 0 Å². The molecule has 1 amide bonds. The van der Waals surface area contributed by atoms with Gasteiger partial charge in [-0.3, -0.25) is 4.79 Å². The molecule has 0 N–H and O–H groups in total. The van der Waals surface area contributed by atoms with Crippen molar-refractivity contribution >= 4 is 27.5 Å². The van der Waals surface area contributed by atoms with Crippen molar-refractivity contribution in [3.8, 4) is 0 Å². The highest BCUT2D eigenvalue weighted by molar-refractivity contribution is 7.16. The highest BCUT2D eigenvalue weighted by Gasteiger charge is 2.11.